The van der Waals surface area contributed by atoms with E-state index in [9.17, 15) is 9.90 Å². The summed E-state index contributed by atoms with van der Waals surface area (Å²) in [5.41, 5.74) is 0.223. The lowest BCUT2D eigenvalue weighted by Gasteiger charge is -2.26. The third-order valence-electron chi connectivity index (χ3n) is 2.63. The summed E-state index contributed by atoms with van der Waals surface area (Å²) in [5, 5.41) is 15.6. The summed E-state index contributed by atoms with van der Waals surface area (Å²) in [4.78, 5) is 15.5. The van der Waals surface area contributed by atoms with Gasteiger partial charge in [-0.2, -0.15) is 0 Å². The van der Waals surface area contributed by atoms with Gasteiger partial charge in [0.1, 0.15) is 5.01 Å². The van der Waals surface area contributed by atoms with E-state index in [4.69, 9.17) is 11.6 Å². The van der Waals surface area contributed by atoms with Gasteiger partial charge in [0.25, 0.3) is 0 Å². The average molecular weight is 297 g/mol. The van der Waals surface area contributed by atoms with Crippen molar-refractivity contribution in [2.24, 2.45) is 0 Å². The molecule has 0 unspecified atom stereocenters. The van der Waals surface area contributed by atoms with Crippen LogP contribution in [0.25, 0.3) is 0 Å². The monoisotopic (exact) mass is 296 g/mol. The van der Waals surface area contributed by atoms with E-state index in [0.29, 0.717) is 10.7 Å². The van der Waals surface area contributed by atoms with Gasteiger partial charge in [-0.1, -0.05) is 11.6 Å². The maximum absolute atomic E-state index is 11.2. The molecule has 2 N–H and O–H groups in total. The first kappa shape index (κ1) is 13.8. The second kappa shape index (κ2) is 5.19. The molecule has 2 rings (SSSR count). The molecule has 1 heterocycles. The fraction of sp³-hybridized carbons (Fsp3) is 0.231. The number of carbonyl (C=O) groups is 1. The van der Waals surface area contributed by atoms with Crippen LogP contribution in [0.4, 0.5) is 5.69 Å². The average Bonchev–Trinajstić information content (AvgIpc) is 2.85. The van der Waals surface area contributed by atoms with Crippen LogP contribution in [0, 0.1) is 0 Å². The molecular formula is C13H13ClN2O2S. The highest BCUT2D eigenvalue weighted by atomic mass is 35.5. The van der Waals surface area contributed by atoms with Gasteiger partial charge in [-0.25, -0.2) is 9.78 Å². The molecule has 0 aliphatic heterocycles. The molecule has 2 aromatic rings. The molecule has 1 aromatic heterocycles. The summed E-state index contributed by atoms with van der Waals surface area (Å²) in [5.74, 6) is -1.01. The van der Waals surface area contributed by atoms with Crippen LogP contribution in [-0.4, -0.2) is 16.1 Å². The number of aromatic carboxylic acids is 1. The number of nitrogens with zero attached hydrogens (tertiary/aromatic N) is 1. The van der Waals surface area contributed by atoms with Gasteiger partial charge in [0.2, 0.25) is 0 Å². The lowest BCUT2D eigenvalue weighted by atomic mass is 10.0. The first-order chi connectivity index (χ1) is 8.90. The Balaban J connectivity index is 2.36. The van der Waals surface area contributed by atoms with E-state index < -0.39 is 11.5 Å². The van der Waals surface area contributed by atoms with Crippen molar-refractivity contribution in [2.45, 2.75) is 19.4 Å². The highest BCUT2D eigenvalue weighted by Crippen LogP contribution is 2.30. The summed E-state index contributed by atoms with van der Waals surface area (Å²) in [7, 11) is 0. The first-order valence-electron chi connectivity index (χ1n) is 5.61. The molecule has 0 saturated heterocycles. The summed E-state index contributed by atoms with van der Waals surface area (Å²) >= 11 is 7.35. The highest BCUT2D eigenvalue weighted by Gasteiger charge is 2.25. The summed E-state index contributed by atoms with van der Waals surface area (Å²) in [6.07, 6.45) is 1.73. The van der Waals surface area contributed by atoms with Gasteiger partial charge in [-0.15, -0.1) is 11.3 Å². The van der Waals surface area contributed by atoms with Gasteiger partial charge in [0.05, 0.1) is 11.1 Å². The van der Waals surface area contributed by atoms with Crippen LogP contribution in [0.5, 0.6) is 0 Å². The minimum Gasteiger partial charge on any atom is -0.478 e. The van der Waals surface area contributed by atoms with E-state index in [1.54, 1.807) is 18.3 Å². The van der Waals surface area contributed by atoms with Gasteiger partial charge in [-0.05, 0) is 32.0 Å². The standard InChI is InChI=1S/C13H13ClN2O2S/c1-13(2,12-15-5-6-19-12)16-10-4-3-8(14)7-9(10)11(17)18/h3-7,16H,1-2H3,(H,17,18). The quantitative estimate of drug-likeness (QED) is 0.900. The zero-order valence-electron chi connectivity index (χ0n) is 10.5. The van der Waals surface area contributed by atoms with Crippen molar-refractivity contribution in [1.29, 1.82) is 0 Å². The molecule has 0 fully saturated rings. The Morgan fingerprint density at radius 2 is 2.21 bits per heavy atom. The minimum absolute atomic E-state index is 0.150. The van der Waals surface area contributed by atoms with E-state index in [2.05, 4.69) is 10.3 Å². The van der Waals surface area contributed by atoms with Crippen molar-refractivity contribution < 1.29 is 9.90 Å². The van der Waals surface area contributed by atoms with Crippen LogP contribution in [0.1, 0.15) is 29.2 Å². The molecule has 1 aromatic carbocycles. The van der Waals surface area contributed by atoms with Crippen molar-refractivity contribution >= 4 is 34.6 Å². The fourth-order valence-corrected chi connectivity index (χ4v) is 2.61. The molecule has 0 saturated carbocycles. The number of hydrogen-bond donors (Lipinski definition) is 2. The summed E-state index contributed by atoms with van der Waals surface area (Å²) < 4.78 is 0. The van der Waals surface area contributed by atoms with Crippen LogP contribution < -0.4 is 5.32 Å². The number of aromatic nitrogens is 1. The lowest BCUT2D eigenvalue weighted by molar-refractivity contribution is 0.0698. The third kappa shape index (κ3) is 3.05. The number of carboxylic acid groups (broad SMARTS) is 1. The Kier molecular flexibility index (Phi) is 3.78. The number of thiazole rings is 1. The molecule has 100 valence electrons. The Hall–Kier alpha value is -1.59. The minimum atomic E-state index is -1.01. The molecule has 0 bridgehead atoms. The van der Waals surface area contributed by atoms with E-state index >= 15 is 0 Å². The second-order valence-corrected chi connectivity index (χ2v) is 5.91. The molecule has 0 aliphatic carbocycles. The van der Waals surface area contributed by atoms with Crippen molar-refractivity contribution in [3.63, 3.8) is 0 Å². The number of hydrogen-bond acceptors (Lipinski definition) is 4. The van der Waals surface area contributed by atoms with Crippen molar-refractivity contribution in [3.8, 4) is 0 Å². The Morgan fingerprint density at radius 1 is 1.47 bits per heavy atom. The lowest BCUT2D eigenvalue weighted by Crippen LogP contribution is -2.28. The predicted molar refractivity (Wildman–Crippen MR) is 77.2 cm³/mol. The van der Waals surface area contributed by atoms with Crippen LogP contribution >= 0.6 is 22.9 Å². The molecule has 0 amide bonds. The van der Waals surface area contributed by atoms with Gasteiger partial charge < -0.3 is 10.4 Å². The van der Waals surface area contributed by atoms with E-state index in [0.717, 1.165) is 5.01 Å². The molecule has 0 spiro atoms. The predicted octanol–water partition coefficient (Wildman–Crippen LogP) is 3.84. The zero-order valence-corrected chi connectivity index (χ0v) is 12.0. The maximum atomic E-state index is 11.2. The summed E-state index contributed by atoms with van der Waals surface area (Å²) in [6, 6.07) is 4.76. The van der Waals surface area contributed by atoms with E-state index in [1.165, 1.54) is 17.4 Å². The molecule has 4 nitrogen and oxygen atoms in total. The number of halogens is 1. The Labute approximate surface area is 120 Å². The molecule has 0 atom stereocenters. The smallest absolute Gasteiger partial charge is 0.337 e. The number of benzene rings is 1. The van der Waals surface area contributed by atoms with Crippen LogP contribution in [0.3, 0.4) is 0 Å². The number of rotatable bonds is 4. The topological polar surface area (TPSA) is 62.2 Å². The molecule has 0 radical (unpaired) electrons. The van der Waals surface area contributed by atoms with Gasteiger partial charge in [0.15, 0.2) is 0 Å². The van der Waals surface area contributed by atoms with Crippen molar-refractivity contribution in [2.75, 3.05) is 5.32 Å². The second-order valence-electron chi connectivity index (χ2n) is 4.58. The highest BCUT2D eigenvalue weighted by molar-refractivity contribution is 7.09. The van der Waals surface area contributed by atoms with Crippen LogP contribution in [-0.2, 0) is 5.54 Å². The normalized spacial score (nSPS) is 11.3. The molecule has 19 heavy (non-hydrogen) atoms. The van der Waals surface area contributed by atoms with E-state index in [-0.39, 0.29) is 5.56 Å². The number of nitrogens with one attached hydrogen (secondary N) is 1. The van der Waals surface area contributed by atoms with Crippen LogP contribution in [0.15, 0.2) is 29.8 Å². The van der Waals surface area contributed by atoms with Gasteiger partial charge >= 0.3 is 5.97 Å². The number of anilines is 1. The molecule has 6 heteroatoms. The van der Waals surface area contributed by atoms with Crippen molar-refractivity contribution in [3.05, 3.63) is 45.4 Å². The van der Waals surface area contributed by atoms with Crippen LogP contribution in [0.2, 0.25) is 5.02 Å². The summed E-state index contributed by atoms with van der Waals surface area (Å²) in [6.45, 7) is 3.90. The maximum Gasteiger partial charge on any atom is 0.337 e. The Morgan fingerprint density at radius 3 is 2.79 bits per heavy atom. The fourth-order valence-electron chi connectivity index (χ4n) is 1.72. The van der Waals surface area contributed by atoms with Crippen molar-refractivity contribution in [1.82, 2.24) is 4.98 Å². The first-order valence-corrected chi connectivity index (χ1v) is 6.87. The number of carboxylic acids is 1. The SMILES string of the molecule is CC(C)(Nc1ccc(Cl)cc1C(=O)O)c1nccs1. The molecule has 0 aliphatic rings. The largest absolute Gasteiger partial charge is 0.478 e. The van der Waals surface area contributed by atoms with E-state index in [1.807, 2.05) is 19.2 Å². The third-order valence-corrected chi connectivity index (χ3v) is 3.96. The molecular weight excluding hydrogens is 284 g/mol. The Bertz CT molecular complexity index is 597. The van der Waals surface area contributed by atoms with Gasteiger partial charge in [0, 0.05) is 22.3 Å². The zero-order chi connectivity index (χ0) is 14.0. The van der Waals surface area contributed by atoms with Gasteiger partial charge in [-0.3, -0.25) is 0 Å².